The van der Waals surface area contributed by atoms with Gasteiger partial charge >= 0.3 is 0 Å². The highest BCUT2D eigenvalue weighted by Gasteiger charge is 2.45. The maximum Gasteiger partial charge on any atom is 0.123 e. The highest BCUT2D eigenvalue weighted by Crippen LogP contribution is 2.48. The molecule has 0 aliphatic heterocycles. The van der Waals surface area contributed by atoms with Crippen molar-refractivity contribution in [3.05, 3.63) is 29.8 Å². The molecule has 1 unspecified atom stereocenters. The number of likely N-dealkylation sites (N-methyl/N-ethyl adjacent to an activating group) is 1. The summed E-state index contributed by atoms with van der Waals surface area (Å²) in [5.41, 5.74) is 1.45. The molecule has 1 aliphatic rings. The lowest BCUT2D eigenvalue weighted by molar-refractivity contribution is -0.0865. The van der Waals surface area contributed by atoms with Crippen LogP contribution in [0.1, 0.15) is 51.1 Å². The fourth-order valence-corrected chi connectivity index (χ4v) is 3.57. The summed E-state index contributed by atoms with van der Waals surface area (Å²) in [6, 6.07) is 8.39. The molecule has 1 fully saturated rings. The number of para-hydroxylation sites is 1. The summed E-state index contributed by atoms with van der Waals surface area (Å²) in [5.74, 6) is 0.929. The molecule has 1 N–H and O–H groups in total. The van der Waals surface area contributed by atoms with Crippen LogP contribution in [0, 0.1) is 5.41 Å². The summed E-state index contributed by atoms with van der Waals surface area (Å²) in [5, 5.41) is 3.48. The third-order valence-electron chi connectivity index (χ3n) is 5.12. The Morgan fingerprint density at radius 1 is 1.05 bits per heavy atom. The van der Waals surface area contributed by atoms with Crippen LogP contribution in [-0.4, -0.2) is 26.9 Å². The fourth-order valence-electron chi connectivity index (χ4n) is 3.57. The molecule has 0 aromatic heterocycles. The van der Waals surface area contributed by atoms with Gasteiger partial charge in [-0.2, -0.15) is 0 Å². The van der Waals surface area contributed by atoms with Crippen molar-refractivity contribution in [3.63, 3.8) is 0 Å². The van der Waals surface area contributed by atoms with E-state index in [-0.39, 0.29) is 11.6 Å². The first-order chi connectivity index (χ1) is 9.98. The molecule has 0 amide bonds. The van der Waals surface area contributed by atoms with Crippen LogP contribution in [-0.2, 0) is 4.74 Å². The Bertz CT molecular complexity index is 460. The molecule has 1 atom stereocenters. The first-order valence-corrected chi connectivity index (χ1v) is 7.83. The second-order valence-electron chi connectivity index (χ2n) is 6.90. The maximum absolute atomic E-state index is 6.06. The van der Waals surface area contributed by atoms with Crippen LogP contribution in [0.4, 0.5) is 0 Å². The van der Waals surface area contributed by atoms with Crippen LogP contribution in [0.3, 0.4) is 0 Å². The Morgan fingerprint density at radius 3 is 2.19 bits per heavy atom. The van der Waals surface area contributed by atoms with Gasteiger partial charge in [-0.1, -0.05) is 32.0 Å². The Hall–Kier alpha value is -1.06. The first kappa shape index (κ1) is 16.3. The molecule has 0 heterocycles. The van der Waals surface area contributed by atoms with E-state index in [1.165, 1.54) is 18.4 Å². The van der Waals surface area contributed by atoms with Gasteiger partial charge in [0.25, 0.3) is 0 Å². The van der Waals surface area contributed by atoms with Crippen molar-refractivity contribution < 1.29 is 9.47 Å². The van der Waals surface area contributed by atoms with E-state index in [1.807, 2.05) is 26.3 Å². The molecule has 1 aromatic carbocycles. The molecule has 0 saturated heterocycles. The van der Waals surface area contributed by atoms with Gasteiger partial charge in [0.05, 0.1) is 18.8 Å². The molecule has 1 aromatic rings. The smallest absolute Gasteiger partial charge is 0.123 e. The van der Waals surface area contributed by atoms with Gasteiger partial charge in [-0.05, 0) is 44.2 Å². The third kappa shape index (κ3) is 3.24. The van der Waals surface area contributed by atoms with E-state index in [4.69, 9.17) is 9.47 Å². The summed E-state index contributed by atoms with van der Waals surface area (Å²) in [4.78, 5) is 0. The molecule has 1 saturated carbocycles. The Balaban J connectivity index is 2.34. The van der Waals surface area contributed by atoms with E-state index in [0.29, 0.717) is 5.41 Å². The van der Waals surface area contributed by atoms with Gasteiger partial charge in [0.2, 0.25) is 0 Å². The molecule has 2 rings (SSSR count). The summed E-state index contributed by atoms with van der Waals surface area (Å²) in [7, 11) is 5.59. The van der Waals surface area contributed by atoms with E-state index in [1.54, 1.807) is 7.11 Å². The van der Waals surface area contributed by atoms with Crippen LogP contribution >= 0.6 is 0 Å². The van der Waals surface area contributed by atoms with Crippen molar-refractivity contribution in [2.24, 2.45) is 5.41 Å². The summed E-state index contributed by atoms with van der Waals surface area (Å²) < 4.78 is 11.6. The maximum atomic E-state index is 6.06. The number of ether oxygens (including phenoxy) is 2. The van der Waals surface area contributed by atoms with Crippen molar-refractivity contribution >= 4 is 0 Å². The lowest BCUT2D eigenvalue weighted by Crippen LogP contribution is -2.48. The zero-order valence-corrected chi connectivity index (χ0v) is 14.0. The zero-order valence-electron chi connectivity index (χ0n) is 14.0. The Kier molecular flexibility index (Phi) is 4.95. The molecule has 0 radical (unpaired) electrons. The molecular formula is C18H29NO2. The number of hydrogen-bond acceptors (Lipinski definition) is 3. The van der Waals surface area contributed by atoms with Crippen LogP contribution in [0.15, 0.2) is 24.3 Å². The second-order valence-corrected chi connectivity index (χ2v) is 6.90. The van der Waals surface area contributed by atoms with Crippen molar-refractivity contribution in [2.45, 2.75) is 51.2 Å². The quantitative estimate of drug-likeness (QED) is 0.891. The molecule has 1 aliphatic carbocycles. The molecule has 0 bridgehead atoms. The number of nitrogens with one attached hydrogen (secondary N) is 1. The van der Waals surface area contributed by atoms with Gasteiger partial charge < -0.3 is 14.8 Å². The normalized spacial score (nSPS) is 21.8. The van der Waals surface area contributed by atoms with E-state index >= 15 is 0 Å². The van der Waals surface area contributed by atoms with Gasteiger partial charge in [-0.25, -0.2) is 0 Å². The Morgan fingerprint density at radius 2 is 1.67 bits per heavy atom. The minimum absolute atomic E-state index is 0.148. The SMILES string of the molecule is CNC(c1ccccc1OC)C1(OC)CCC(C)(C)CC1. The lowest BCUT2D eigenvalue weighted by Gasteiger charge is -2.47. The molecule has 118 valence electrons. The van der Waals surface area contributed by atoms with Crippen molar-refractivity contribution in [2.75, 3.05) is 21.3 Å². The summed E-state index contributed by atoms with van der Waals surface area (Å²) >= 11 is 0. The van der Waals surface area contributed by atoms with E-state index in [2.05, 4.69) is 31.3 Å². The van der Waals surface area contributed by atoms with Gasteiger partial charge in [-0.15, -0.1) is 0 Å². The van der Waals surface area contributed by atoms with Crippen molar-refractivity contribution in [3.8, 4) is 5.75 Å². The monoisotopic (exact) mass is 291 g/mol. The summed E-state index contributed by atoms with van der Waals surface area (Å²) in [6.07, 6.45) is 4.52. The number of rotatable bonds is 5. The lowest BCUT2D eigenvalue weighted by atomic mass is 9.67. The minimum atomic E-state index is -0.154. The van der Waals surface area contributed by atoms with Crippen LogP contribution in [0.5, 0.6) is 5.75 Å². The molecule has 21 heavy (non-hydrogen) atoms. The molecule has 3 nitrogen and oxygen atoms in total. The third-order valence-corrected chi connectivity index (χ3v) is 5.12. The summed E-state index contributed by atoms with van der Waals surface area (Å²) in [6.45, 7) is 4.70. The number of hydrogen-bond donors (Lipinski definition) is 1. The van der Waals surface area contributed by atoms with E-state index < -0.39 is 0 Å². The topological polar surface area (TPSA) is 30.5 Å². The molecular weight excluding hydrogens is 262 g/mol. The van der Waals surface area contributed by atoms with E-state index in [9.17, 15) is 0 Å². The van der Waals surface area contributed by atoms with Gasteiger partial charge in [0, 0.05) is 12.7 Å². The van der Waals surface area contributed by atoms with Crippen molar-refractivity contribution in [1.29, 1.82) is 0 Å². The first-order valence-electron chi connectivity index (χ1n) is 7.83. The average molecular weight is 291 g/mol. The van der Waals surface area contributed by atoms with Crippen molar-refractivity contribution in [1.82, 2.24) is 5.32 Å². The van der Waals surface area contributed by atoms with Gasteiger partial charge in [-0.3, -0.25) is 0 Å². The standard InChI is InChI=1S/C18H29NO2/c1-17(2)10-12-18(21-5,13-11-17)16(19-3)14-8-6-7-9-15(14)20-4/h6-9,16,19H,10-13H2,1-5H3. The number of methoxy groups -OCH3 is 2. The van der Waals surface area contributed by atoms with Crippen LogP contribution < -0.4 is 10.1 Å². The minimum Gasteiger partial charge on any atom is -0.496 e. The van der Waals surface area contributed by atoms with Crippen LogP contribution in [0.2, 0.25) is 0 Å². The predicted molar refractivity (Wildman–Crippen MR) is 86.8 cm³/mol. The average Bonchev–Trinajstić information content (AvgIpc) is 2.50. The van der Waals surface area contributed by atoms with Gasteiger partial charge in [0.1, 0.15) is 5.75 Å². The van der Waals surface area contributed by atoms with Gasteiger partial charge in [0.15, 0.2) is 0 Å². The molecule has 3 heteroatoms. The largest absolute Gasteiger partial charge is 0.496 e. The fraction of sp³-hybridized carbons (Fsp3) is 0.667. The van der Waals surface area contributed by atoms with Crippen LogP contribution in [0.25, 0.3) is 0 Å². The predicted octanol–water partition coefficient (Wildman–Crippen LogP) is 3.94. The zero-order chi connectivity index (χ0) is 15.5. The number of benzene rings is 1. The second kappa shape index (κ2) is 6.37. The Labute approximate surface area is 129 Å². The highest BCUT2D eigenvalue weighted by atomic mass is 16.5. The van der Waals surface area contributed by atoms with E-state index in [0.717, 1.165) is 18.6 Å². The highest BCUT2D eigenvalue weighted by molar-refractivity contribution is 5.37. The molecule has 0 spiro atoms.